The van der Waals surface area contributed by atoms with Crippen LogP contribution in [-0.4, -0.2) is 8.80 Å². The summed E-state index contributed by atoms with van der Waals surface area (Å²) in [5.74, 6) is 0. The summed E-state index contributed by atoms with van der Waals surface area (Å²) in [5, 5.41) is 10.3. The van der Waals surface area contributed by atoms with Crippen molar-refractivity contribution in [2.24, 2.45) is 0 Å². The van der Waals surface area contributed by atoms with Gasteiger partial charge in [-0.1, -0.05) is 54.7 Å². The number of allylic oxidation sites excluding steroid dienone is 1. The number of hydrogen-bond donors (Lipinski definition) is 0. The Labute approximate surface area is 122 Å². The van der Waals surface area contributed by atoms with Crippen molar-refractivity contribution in [3.8, 4) is 17.2 Å². The zero-order valence-electron chi connectivity index (χ0n) is 12.0. The van der Waals surface area contributed by atoms with Gasteiger partial charge >= 0.3 is 0 Å². The third kappa shape index (κ3) is 3.07. The summed E-state index contributed by atoms with van der Waals surface area (Å²) in [6, 6.07) is 16.7. The van der Waals surface area contributed by atoms with E-state index in [0.717, 1.165) is 6.42 Å². The molecule has 0 aliphatic carbocycles. The minimum atomic E-state index is -0.544. The van der Waals surface area contributed by atoms with Crippen molar-refractivity contribution in [1.29, 1.82) is 5.26 Å². The van der Waals surface area contributed by atoms with Gasteiger partial charge in [-0.25, -0.2) is 0 Å². The zero-order valence-corrected chi connectivity index (χ0v) is 13.0. The molecular weight excluding hydrogens is 258 g/mol. The van der Waals surface area contributed by atoms with E-state index in [1.807, 2.05) is 30.3 Å². The molecule has 0 fully saturated rings. The van der Waals surface area contributed by atoms with E-state index in [4.69, 9.17) is 5.26 Å². The van der Waals surface area contributed by atoms with Gasteiger partial charge < -0.3 is 0 Å². The summed E-state index contributed by atoms with van der Waals surface area (Å²) < 4.78 is 0. The van der Waals surface area contributed by atoms with Gasteiger partial charge in [0.05, 0.1) is 20.4 Å². The molecule has 99 valence electrons. The molecule has 0 spiro atoms. The summed E-state index contributed by atoms with van der Waals surface area (Å²) in [6.45, 7) is 8.43. The monoisotopic (exact) mass is 276 g/mol. The molecule has 0 unspecified atom stereocenters. The molecule has 20 heavy (non-hydrogen) atoms. The van der Waals surface area contributed by atoms with E-state index in [1.54, 1.807) is 0 Å². The molecule has 0 bridgehead atoms. The highest BCUT2D eigenvalue weighted by Crippen LogP contribution is 2.20. The highest BCUT2D eigenvalue weighted by molar-refractivity contribution is 6.72. The second kappa shape index (κ2) is 6.36. The Balaban J connectivity index is 2.49. The summed E-state index contributed by atoms with van der Waals surface area (Å²) in [7, 11) is -0.544. The first kappa shape index (κ1) is 14.3. The van der Waals surface area contributed by atoms with Gasteiger partial charge in [0.1, 0.15) is 0 Å². The van der Waals surface area contributed by atoms with E-state index in [0.29, 0.717) is 5.56 Å². The van der Waals surface area contributed by atoms with Crippen molar-refractivity contribution in [3.63, 3.8) is 0 Å². The Kier molecular flexibility index (Phi) is 4.55. The van der Waals surface area contributed by atoms with Crippen LogP contribution in [0.15, 0.2) is 55.1 Å². The van der Waals surface area contributed by atoms with E-state index >= 15 is 0 Å². The van der Waals surface area contributed by atoms with Crippen LogP contribution in [0.4, 0.5) is 0 Å². The Morgan fingerprint density at radius 2 is 1.85 bits per heavy atom. The van der Waals surface area contributed by atoms with Crippen molar-refractivity contribution in [2.45, 2.75) is 19.5 Å². The van der Waals surface area contributed by atoms with Gasteiger partial charge in [0.15, 0.2) is 0 Å². The van der Waals surface area contributed by atoms with Gasteiger partial charge in [-0.3, -0.25) is 0 Å². The molecule has 0 amide bonds. The maximum atomic E-state index is 8.88. The molecule has 0 saturated heterocycles. The van der Waals surface area contributed by atoms with Crippen molar-refractivity contribution >= 4 is 14.0 Å². The average Bonchev–Trinajstić information content (AvgIpc) is 2.47. The normalized spacial score (nSPS) is 10.3. The lowest BCUT2D eigenvalue weighted by molar-refractivity contribution is 1.28. The molecule has 0 aromatic heterocycles. The van der Waals surface area contributed by atoms with Crippen LogP contribution in [0.25, 0.3) is 11.1 Å². The summed E-state index contributed by atoms with van der Waals surface area (Å²) in [5.41, 5.74) is 4.51. The first-order valence-electron chi connectivity index (χ1n) is 6.70. The van der Waals surface area contributed by atoms with Gasteiger partial charge in [-0.15, -0.1) is 6.58 Å². The number of benzene rings is 2. The number of nitrogens with zero attached hydrogens (tertiary/aromatic N) is 1. The minimum Gasteiger partial charge on any atom is -0.192 e. The van der Waals surface area contributed by atoms with Crippen LogP contribution in [-0.2, 0) is 6.42 Å². The quantitative estimate of drug-likeness (QED) is 0.613. The lowest BCUT2D eigenvalue weighted by Crippen LogP contribution is -2.25. The lowest BCUT2D eigenvalue weighted by Gasteiger charge is -2.14. The molecule has 1 radical (unpaired) electrons. The molecule has 1 nitrogen and oxygen atoms in total. The predicted octanol–water partition coefficient (Wildman–Crippen LogP) is 3.92. The fourth-order valence-electron chi connectivity index (χ4n) is 2.27. The molecule has 2 aromatic rings. The van der Waals surface area contributed by atoms with Crippen LogP contribution in [0.1, 0.15) is 11.1 Å². The second-order valence-corrected chi connectivity index (χ2v) is 7.60. The van der Waals surface area contributed by atoms with Crippen molar-refractivity contribution in [3.05, 3.63) is 66.2 Å². The van der Waals surface area contributed by atoms with Crippen LogP contribution >= 0.6 is 0 Å². The van der Waals surface area contributed by atoms with E-state index in [9.17, 15) is 0 Å². The van der Waals surface area contributed by atoms with Gasteiger partial charge in [0, 0.05) is 0 Å². The first-order chi connectivity index (χ1) is 9.65. The molecule has 2 rings (SSSR count). The lowest BCUT2D eigenvalue weighted by atomic mass is 10.0. The van der Waals surface area contributed by atoms with Crippen LogP contribution in [0.5, 0.6) is 0 Å². The van der Waals surface area contributed by atoms with Crippen LogP contribution in [0, 0.1) is 11.3 Å². The highest BCUT2D eigenvalue weighted by atomic mass is 28.3. The van der Waals surface area contributed by atoms with Crippen LogP contribution in [0.3, 0.4) is 0 Å². The molecule has 2 aromatic carbocycles. The van der Waals surface area contributed by atoms with Gasteiger partial charge in [0.2, 0.25) is 0 Å². The fourth-order valence-corrected chi connectivity index (χ4v) is 3.52. The van der Waals surface area contributed by atoms with E-state index in [1.165, 1.54) is 21.9 Å². The Morgan fingerprint density at radius 3 is 2.40 bits per heavy atom. The number of hydrogen-bond acceptors (Lipinski definition) is 1. The number of rotatable bonds is 4. The molecular formula is C18H18NSi. The van der Waals surface area contributed by atoms with Gasteiger partial charge in [-0.05, 0) is 35.2 Å². The molecule has 2 heteroatoms. The highest BCUT2D eigenvalue weighted by Gasteiger charge is 2.10. The zero-order chi connectivity index (χ0) is 14.5. The number of nitriles is 1. The molecule has 0 aliphatic rings. The second-order valence-electron chi connectivity index (χ2n) is 5.06. The Hall–Kier alpha value is -2.11. The van der Waals surface area contributed by atoms with Crippen molar-refractivity contribution in [1.82, 2.24) is 0 Å². The first-order valence-corrected chi connectivity index (χ1v) is 9.20. The summed E-state index contributed by atoms with van der Waals surface area (Å²) in [4.78, 5) is 0. The molecule has 0 aliphatic heterocycles. The Morgan fingerprint density at radius 1 is 1.15 bits per heavy atom. The molecule has 0 heterocycles. The predicted molar refractivity (Wildman–Crippen MR) is 87.6 cm³/mol. The maximum absolute atomic E-state index is 8.88. The summed E-state index contributed by atoms with van der Waals surface area (Å²) >= 11 is 0. The van der Waals surface area contributed by atoms with Crippen molar-refractivity contribution < 1.29 is 0 Å². The third-order valence-electron chi connectivity index (χ3n) is 3.33. The Bertz CT molecular complexity index is 648. The smallest absolute Gasteiger partial charge is 0.0991 e. The molecule has 0 saturated carbocycles. The molecule has 0 atom stereocenters. The maximum Gasteiger partial charge on any atom is 0.0991 e. The van der Waals surface area contributed by atoms with Crippen LogP contribution in [0.2, 0.25) is 13.1 Å². The van der Waals surface area contributed by atoms with Gasteiger partial charge in [0.25, 0.3) is 0 Å². The van der Waals surface area contributed by atoms with E-state index < -0.39 is 8.80 Å². The van der Waals surface area contributed by atoms with Crippen molar-refractivity contribution in [2.75, 3.05) is 0 Å². The topological polar surface area (TPSA) is 23.8 Å². The third-order valence-corrected chi connectivity index (χ3v) is 4.82. The van der Waals surface area contributed by atoms with E-state index in [-0.39, 0.29) is 0 Å². The summed E-state index contributed by atoms with van der Waals surface area (Å²) in [6.07, 6.45) is 2.86. The minimum absolute atomic E-state index is 0.544. The van der Waals surface area contributed by atoms with E-state index in [2.05, 4.69) is 43.9 Å². The fraction of sp³-hybridized carbons (Fsp3) is 0.167. The molecule has 0 N–H and O–H groups in total. The largest absolute Gasteiger partial charge is 0.192 e. The standard InChI is InChI=1S/C18H18NSi/c1-4-5-14-8-11-17(18(12-14)20(2)3)16-9-6-15(13-19)7-10-16/h4,6-12H,1,5H2,2-3H3. The average molecular weight is 276 g/mol. The SMILES string of the molecule is C=CCc1ccc(-c2ccc(C#N)cc2)c([Si](C)C)c1. The van der Waals surface area contributed by atoms with Crippen LogP contribution < -0.4 is 5.19 Å². The van der Waals surface area contributed by atoms with Gasteiger partial charge in [-0.2, -0.15) is 5.26 Å².